The molecule has 0 aliphatic heterocycles. The van der Waals surface area contributed by atoms with Gasteiger partial charge in [-0.15, -0.1) is 0 Å². The predicted octanol–water partition coefficient (Wildman–Crippen LogP) is 1.68. The molecule has 1 aromatic rings. The van der Waals surface area contributed by atoms with Crippen LogP contribution in [0.1, 0.15) is 31.1 Å². The predicted molar refractivity (Wildman–Crippen MR) is 55.1 cm³/mol. The van der Waals surface area contributed by atoms with Crippen molar-refractivity contribution in [2.24, 2.45) is 0 Å². The van der Waals surface area contributed by atoms with E-state index in [4.69, 9.17) is 0 Å². The molecule has 0 aliphatic carbocycles. The molecule has 0 saturated carbocycles. The number of imidazole rings is 1. The summed E-state index contributed by atoms with van der Waals surface area (Å²) in [7, 11) is 1.88. The van der Waals surface area contributed by atoms with Crippen molar-refractivity contribution in [1.29, 1.82) is 0 Å². The molecule has 0 fully saturated rings. The van der Waals surface area contributed by atoms with Gasteiger partial charge in [-0.25, -0.2) is 9.37 Å². The van der Waals surface area contributed by atoms with Crippen LogP contribution < -0.4 is 5.32 Å². The van der Waals surface area contributed by atoms with Crippen molar-refractivity contribution in [3.8, 4) is 0 Å². The van der Waals surface area contributed by atoms with Gasteiger partial charge in [-0.3, -0.25) is 0 Å². The van der Waals surface area contributed by atoms with Crippen LogP contribution in [0.5, 0.6) is 0 Å². The van der Waals surface area contributed by atoms with Crippen molar-refractivity contribution in [2.75, 3.05) is 13.6 Å². The third-order valence-corrected chi connectivity index (χ3v) is 2.11. The van der Waals surface area contributed by atoms with Crippen LogP contribution in [-0.2, 0) is 12.1 Å². The molecule has 0 spiro atoms. The summed E-state index contributed by atoms with van der Waals surface area (Å²) in [6, 6.07) is 0. The lowest BCUT2D eigenvalue weighted by Crippen LogP contribution is -2.13. The van der Waals surface area contributed by atoms with Crippen LogP contribution in [0, 0.1) is 6.92 Å². The first-order valence-corrected chi connectivity index (χ1v) is 4.84. The lowest BCUT2D eigenvalue weighted by atomic mass is 10.1. The summed E-state index contributed by atoms with van der Waals surface area (Å²) in [5, 5.41) is 3.03. The van der Waals surface area contributed by atoms with Gasteiger partial charge in [0.15, 0.2) is 0 Å². The highest BCUT2D eigenvalue weighted by Gasteiger charge is 2.24. The van der Waals surface area contributed by atoms with Gasteiger partial charge in [0.1, 0.15) is 11.5 Å². The zero-order valence-electron chi connectivity index (χ0n) is 9.24. The monoisotopic (exact) mass is 199 g/mol. The molecule has 4 heteroatoms. The van der Waals surface area contributed by atoms with E-state index in [1.807, 2.05) is 14.0 Å². The molecule has 0 aromatic carbocycles. The summed E-state index contributed by atoms with van der Waals surface area (Å²) in [5.74, 6) is 0.845. The van der Waals surface area contributed by atoms with E-state index >= 15 is 0 Å². The second-order valence-electron chi connectivity index (χ2n) is 3.98. The minimum atomic E-state index is -1.36. The second kappa shape index (κ2) is 4.09. The zero-order chi connectivity index (χ0) is 10.8. The maximum absolute atomic E-state index is 13.6. The molecule has 80 valence electrons. The van der Waals surface area contributed by atoms with Crippen LogP contribution >= 0.6 is 0 Å². The Morgan fingerprint density at radius 3 is 2.57 bits per heavy atom. The molecule has 2 N–H and O–H groups in total. The largest absolute Gasteiger partial charge is 0.346 e. The molecule has 0 saturated heterocycles. The van der Waals surface area contributed by atoms with Crippen molar-refractivity contribution in [1.82, 2.24) is 15.3 Å². The van der Waals surface area contributed by atoms with Crippen molar-refractivity contribution in [3.63, 3.8) is 0 Å². The number of hydrogen-bond donors (Lipinski definition) is 2. The smallest absolute Gasteiger partial charge is 0.149 e. The Kier molecular flexibility index (Phi) is 3.26. The molecule has 3 nitrogen and oxygen atoms in total. The highest BCUT2D eigenvalue weighted by molar-refractivity contribution is 5.19. The van der Waals surface area contributed by atoms with Gasteiger partial charge >= 0.3 is 0 Å². The van der Waals surface area contributed by atoms with E-state index in [0.29, 0.717) is 5.69 Å². The van der Waals surface area contributed by atoms with Crippen LogP contribution in [0.25, 0.3) is 0 Å². The average molecular weight is 199 g/mol. The number of nitrogens with one attached hydrogen (secondary N) is 2. The van der Waals surface area contributed by atoms with E-state index < -0.39 is 5.67 Å². The Hall–Kier alpha value is -0.900. The Bertz CT molecular complexity index is 299. The summed E-state index contributed by atoms with van der Waals surface area (Å²) in [6.45, 7) is 5.75. The fraction of sp³-hybridized carbons (Fsp3) is 0.700. The number of halogens is 1. The topological polar surface area (TPSA) is 40.7 Å². The molecular formula is C10H18FN3. The van der Waals surface area contributed by atoms with Gasteiger partial charge in [-0.2, -0.15) is 0 Å². The number of H-pyrrole nitrogens is 1. The van der Waals surface area contributed by atoms with Crippen LogP contribution in [0.15, 0.2) is 0 Å². The molecule has 0 atom stereocenters. The number of alkyl halides is 1. The van der Waals surface area contributed by atoms with Gasteiger partial charge in [0, 0.05) is 18.7 Å². The summed E-state index contributed by atoms with van der Waals surface area (Å²) in [5.41, 5.74) is -0.0226. The highest BCUT2D eigenvalue weighted by Crippen LogP contribution is 2.25. The Labute approximate surface area is 84.1 Å². The fourth-order valence-corrected chi connectivity index (χ4v) is 1.46. The molecule has 0 bridgehead atoms. The van der Waals surface area contributed by atoms with Crippen molar-refractivity contribution < 1.29 is 4.39 Å². The van der Waals surface area contributed by atoms with Crippen molar-refractivity contribution in [3.05, 3.63) is 17.2 Å². The van der Waals surface area contributed by atoms with Crippen molar-refractivity contribution in [2.45, 2.75) is 32.9 Å². The Morgan fingerprint density at radius 2 is 2.14 bits per heavy atom. The van der Waals surface area contributed by atoms with Gasteiger partial charge in [-0.05, 0) is 27.8 Å². The van der Waals surface area contributed by atoms with Gasteiger partial charge in [-0.1, -0.05) is 0 Å². The van der Waals surface area contributed by atoms with E-state index in [2.05, 4.69) is 15.3 Å². The third kappa shape index (κ3) is 2.54. The van der Waals surface area contributed by atoms with E-state index in [0.717, 1.165) is 24.5 Å². The molecule has 1 heterocycles. The minimum Gasteiger partial charge on any atom is -0.346 e. The van der Waals surface area contributed by atoms with E-state index in [9.17, 15) is 4.39 Å². The second-order valence-corrected chi connectivity index (χ2v) is 3.98. The van der Waals surface area contributed by atoms with E-state index in [1.54, 1.807) is 0 Å². The molecule has 0 unspecified atom stereocenters. The van der Waals surface area contributed by atoms with Gasteiger partial charge in [0.2, 0.25) is 0 Å². The normalized spacial score (nSPS) is 12.1. The Balaban J connectivity index is 2.83. The number of aromatic amines is 1. The van der Waals surface area contributed by atoms with E-state index in [-0.39, 0.29) is 0 Å². The number of nitrogens with zero attached hydrogens (tertiary/aromatic N) is 1. The molecule has 14 heavy (non-hydrogen) atoms. The molecular weight excluding hydrogens is 181 g/mol. The number of aromatic nitrogens is 2. The molecule has 1 rings (SSSR count). The maximum Gasteiger partial charge on any atom is 0.149 e. The van der Waals surface area contributed by atoms with Crippen LogP contribution in [0.3, 0.4) is 0 Å². The quantitative estimate of drug-likeness (QED) is 0.774. The fourth-order valence-electron chi connectivity index (χ4n) is 1.46. The molecule has 0 amide bonds. The summed E-state index contributed by atoms with van der Waals surface area (Å²) in [6.07, 6.45) is 0.799. The number of rotatable bonds is 4. The van der Waals surface area contributed by atoms with Crippen LogP contribution in [-0.4, -0.2) is 23.6 Å². The lowest BCUT2D eigenvalue weighted by molar-refractivity contribution is 0.213. The van der Waals surface area contributed by atoms with E-state index in [1.165, 1.54) is 13.8 Å². The highest BCUT2D eigenvalue weighted by atomic mass is 19.1. The Morgan fingerprint density at radius 1 is 1.50 bits per heavy atom. The summed E-state index contributed by atoms with van der Waals surface area (Å²) in [4.78, 5) is 7.34. The lowest BCUT2D eigenvalue weighted by Gasteiger charge is -2.11. The standard InChI is InChI=1S/C10H18FN3/c1-7-9(10(2,3)11)14-8(13-7)5-6-12-4/h12H,5-6H2,1-4H3,(H,13,14). The first kappa shape index (κ1) is 11.2. The van der Waals surface area contributed by atoms with Gasteiger partial charge < -0.3 is 10.3 Å². The number of hydrogen-bond acceptors (Lipinski definition) is 2. The average Bonchev–Trinajstić information content (AvgIpc) is 2.42. The summed E-state index contributed by atoms with van der Waals surface area (Å²) >= 11 is 0. The molecule has 0 aliphatic rings. The first-order valence-electron chi connectivity index (χ1n) is 4.84. The third-order valence-electron chi connectivity index (χ3n) is 2.11. The SMILES string of the molecule is CNCCc1nc(C(C)(C)F)c(C)[nH]1. The number of likely N-dealkylation sites (N-methyl/N-ethyl adjacent to an activating group) is 1. The number of aryl methyl sites for hydroxylation is 1. The van der Waals surface area contributed by atoms with Crippen molar-refractivity contribution >= 4 is 0 Å². The molecule has 0 radical (unpaired) electrons. The first-order chi connectivity index (χ1) is 6.45. The minimum absolute atomic E-state index is 0.517. The maximum atomic E-state index is 13.6. The van der Waals surface area contributed by atoms with Gasteiger partial charge in [0.25, 0.3) is 0 Å². The molecule has 1 aromatic heterocycles. The zero-order valence-corrected chi connectivity index (χ0v) is 9.24. The van der Waals surface area contributed by atoms with Crippen LogP contribution in [0.4, 0.5) is 4.39 Å². The van der Waals surface area contributed by atoms with Gasteiger partial charge in [0.05, 0.1) is 5.69 Å². The summed E-state index contributed by atoms with van der Waals surface area (Å²) < 4.78 is 13.6. The van der Waals surface area contributed by atoms with Crippen LogP contribution in [0.2, 0.25) is 0 Å².